The van der Waals surface area contributed by atoms with Gasteiger partial charge in [-0.2, -0.15) is 0 Å². The molecule has 0 bridgehead atoms. The van der Waals surface area contributed by atoms with Crippen molar-refractivity contribution in [1.29, 1.82) is 0 Å². The Morgan fingerprint density at radius 1 is 1.11 bits per heavy atom. The molecule has 1 atom stereocenters. The van der Waals surface area contributed by atoms with Crippen LogP contribution in [-0.2, 0) is 11.3 Å². The van der Waals surface area contributed by atoms with Gasteiger partial charge in [-0.1, -0.05) is 53.0 Å². The monoisotopic (exact) mass is 418 g/mol. The SMILES string of the molecule is Cc1ccc([C@@H](C)NC(=O)C2CCN(Cc3ccc(Cl)c(Cl)c3)CC2)c(C)c1. The fourth-order valence-corrected chi connectivity index (χ4v) is 4.29. The fourth-order valence-electron chi connectivity index (χ4n) is 3.97. The van der Waals surface area contributed by atoms with Crippen molar-refractivity contribution in [2.75, 3.05) is 13.1 Å². The highest BCUT2D eigenvalue weighted by Crippen LogP contribution is 2.26. The van der Waals surface area contributed by atoms with Crippen LogP contribution in [0, 0.1) is 19.8 Å². The number of likely N-dealkylation sites (tertiary alicyclic amines) is 1. The average Bonchev–Trinajstić information content (AvgIpc) is 2.65. The normalized spacial score (nSPS) is 16.8. The molecule has 2 aromatic rings. The molecule has 28 heavy (non-hydrogen) atoms. The molecule has 1 aliphatic rings. The highest BCUT2D eigenvalue weighted by atomic mass is 35.5. The largest absolute Gasteiger partial charge is 0.349 e. The van der Waals surface area contributed by atoms with E-state index in [4.69, 9.17) is 23.2 Å². The molecule has 0 aliphatic carbocycles. The standard InChI is InChI=1S/C23H28Cl2N2O/c1-15-4-6-20(16(2)12-15)17(3)26-23(28)19-8-10-27(11-9-19)14-18-5-7-21(24)22(25)13-18/h4-7,12-13,17,19H,8-11,14H2,1-3H3,(H,26,28)/t17-/m1/s1. The van der Waals surface area contributed by atoms with E-state index < -0.39 is 0 Å². The Labute approximate surface area is 178 Å². The second-order valence-corrected chi connectivity index (χ2v) is 8.70. The number of amides is 1. The number of hydrogen-bond acceptors (Lipinski definition) is 2. The number of nitrogens with zero attached hydrogens (tertiary/aromatic N) is 1. The molecule has 1 fully saturated rings. The van der Waals surface area contributed by atoms with Crippen molar-refractivity contribution in [2.24, 2.45) is 5.92 Å². The summed E-state index contributed by atoms with van der Waals surface area (Å²) in [5.74, 6) is 0.250. The zero-order valence-electron chi connectivity index (χ0n) is 16.8. The highest BCUT2D eigenvalue weighted by Gasteiger charge is 2.26. The van der Waals surface area contributed by atoms with Crippen LogP contribution in [0.3, 0.4) is 0 Å². The molecule has 1 amide bonds. The van der Waals surface area contributed by atoms with Crippen molar-refractivity contribution in [2.45, 2.75) is 46.2 Å². The number of carbonyl (C=O) groups excluding carboxylic acids is 1. The van der Waals surface area contributed by atoms with Gasteiger partial charge in [0, 0.05) is 12.5 Å². The number of benzene rings is 2. The van der Waals surface area contributed by atoms with Crippen molar-refractivity contribution in [3.05, 3.63) is 68.7 Å². The van der Waals surface area contributed by atoms with Crippen LogP contribution in [0.25, 0.3) is 0 Å². The molecule has 2 aromatic carbocycles. The molecule has 1 saturated heterocycles. The Morgan fingerprint density at radius 2 is 1.82 bits per heavy atom. The minimum atomic E-state index is 0.0299. The lowest BCUT2D eigenvalue weighted by molar-refractivity contribution is -0.127. The predicted octanol–water partition coefficient (Wildman–Crippen LogP) is 5.70. The van der Waals surface area contributed by atoms with Crippen molar-refractivity contribution in [3.63, 3.8) is 0 Å². The Bertz CT molecular complexity index is 844. The smallest absolute Gasteiger partial charge is 0.223 e. The predicted molar refractivity (Wildman–Crippen MR) is 117 cm³/mol. The summed E-state index contributed by atoms with van der Waals surface area (Å²) in [4.78, 5) is 15.1. The number of aryl methyl sites for hydroxylation is 2. The maximum absolute atomic E-state index is 12.7. The molecule has 0 aromatic heterocycles. The van der Waals surface area contributed by atoms with Crippen LogP contribution in [0.15, 0.2) is 36.4 Å². The summed E-state index contributed by atoms with van der Waals surface area (Å²) < 4.78 is 0. The first-order valence-corrected chi connectivity index (χ1v) is 10.6. The molecule has 1 N–H and O–H groups in total. The first kappa shape index (κ1) is 21.2. The maximum Gasteiger partial charge on any atom is 0.223 e. The minimum absolute atomic E-state index is 0.0299. The van der Waals surface area contributed by atoms with Crippen molar-refractivity contribution in [3.8, 4) is 0 Å². The Hall–Kier alpha value is -1.55. The van der Waals surface area contributed by atoms with Crippen LogP contribution in [-0.4, -0.2) is 23.9 Å². The third-order valence-corrected chi connectivity index (χ3v) is 6.34. The topological polar surface area (TPSA) is 32.3 Å². The maximum atomic E-state index is 12.7. The molecule has 3 nitrogen and oxygen atoms in total. The van der Waals surface area contributed by atoms with E-state index in [1.165, 1.54) is 16.7 Å². The van der Waals surface area contributed by atoms with Gasteiger partial charge in [0.05, 0.1) is 16.1 Å². The number of piperidine rings is 1. The summed E-state index contributed by atoms with van der Waals surface area (Å²) in [6.07, 6.45) is 1.76. The Kier molecular flexibility index (Phi) is 7.03. The second-order valence-electron chi connectivity index (χ2n) is 7.89. The summed E-state index contributed by atoms with van der Waals surface area (Å²) in [7, 11) is 0. The first-order chi connectivity index (χ1) is 13.3. The third-order valence-electron chi connectivity index (χ3n) is 5.60. The van der Waals surface area contributed by atoms with Gasteiger partial charge >= 0.3 is 0 Å². The Balaban J connectivity index is 1.51. The van der Waals surface area contributed by atoms with Gasteiger partial charge in [-0.05, 0) is 75.5 Å². The Morgan fingerprint density at radius 3 is 2.46 bits per heavy atom. The van der Waals surface area contributed by atoms with Crippen LogP contribution in [0.4, 0.5) is 0 Å². The van der Waals surface area contributed by atoms with E-state index in [2.05, 4.69) is 49.2 Å². The van der Waals surface area contributed by atoms with Crippen LogP contribution in [0.1, 0.15) is 48.1 Å². The van der Waals surface area contributed by atoms with Crippen LogP contribution >= 0.6 is 23.2 Å². The van der Waals surface area contributed by atoms with Gasteiger partial charge in [-0.3, -0.25) is 9.69 Å². The molecule has 1 aliphatic heterocycles. The minimum Gasteiger partial charge on any atom is -0.349 e. The molecular weight excluding hydrogens is 391 g/mol. The van der Waals surface area contributed by atoms with Gasteiger partial charge in [0.15, 0.2) is 0 Å². The number of halogens is 2. The van der Waals surface area contributed by atoms with Gasteiger partial charge < -0.3 is 5.32 Å². The second kappa shape index (κ2) is 9.30. The molecule has 1 heterocycles. The number of rotatable bonds is 5. The van der Waals surface area contributed by atoms with Crippen molar-refractivity contribution >= 4 is 29.1 Å². The lowest BCUT2D eigenvalue weighted by Gasteiger charge is -2.32. The molecule has 0 unspecified atom stereocenters. The van der Waals surface area contributed by atoms with Gasteiger partial charge in [0.2, 0.25) is 5.91 Å². The zero-order valence-corrected chi connectivity index (χ0v) is 18.3. The summed E-state index contributed by atoms with van der Waals surface area (Å²) >= 11 is 12.1. The van der Waals surface area contributed by atoms with Gasteiger partial charge in [-0.25, -0.2) is 0 Å². The van der Waals surface area contributed by atoms with Crippen LogP contribution in [0.2, 0.25) is 10.0 Å². The van der Waals surface area contributed by atoms with E-state index in [-0.39, 0.29) is 17.9 Å². The average molecular weight is 419 g/mol. The first-order valence-electron chi connectivity index (χ1n) is 9.87. The van der Waals surface area contributed by atoms with E-state index in [1.54, 1.807) is 0 Å². The lowest BCUT2D eigenvalue weighted by atomic mass is 9.94. The van der Waals surface area contributed by atoms with Crippen molar-refractivity contribution < 1.29 is 4.79 Å². The van der Waals surface area contributed by atoms with Crippen LogP contribution in [0.5, 0.6) is 0 Å². The van der Waals surface area contributed by atoms with E-state index in [1.807, 2.05) is 18.2 Å². The van der Waals surface area contributed by atoms with Gasteiger partial charge in [-0.15, -0.1) is 0 Å². The number of carbonyl (C=O) groups is 1. The van der Waals surface area contributed by atoms with Crippen molar-refractivity contribution in [1.82, 2.24) is 10.2 Å². The molecule has 0 radical (unpaired) electrons. The molecule has 0 saturated carbocycles. The highest BCUT2D eigenvalue weighted by molar-refractivity contribution is 6.42. The quantitative estimate of drug-likeness (QED) is 0.674. The van der Waals surface area contributed by atoms with Crippen LogP contribution < -0.4 is 5.32 Å². The summed E-state index contributed by atoms with van der Waals surface area (Å²) in [6.45, 7) is 8.92. The lowest BCUT2D eigenvalue weighted by Crippen LogP contribution is -2.41. The molecule has 3 rings (SSSR count). The van der Waals surface area contributed by atoms with E-state index >= 15 is 0 Å². The van der Waals surface area contributed by atoms with E-state index in [0.29, 0.717) is 10.0 Å². The summed E-state index contributed by atoms with van der Waals surface area (Å²) in [5, 5.41) is 4.39. The zero-order chi connectivity index (χ0) is 20.3. The molecule has 150 valence electrons. The van der Waals surface area contributed by atoms with E-state index in [0.717, 1.165) is 38.0 Å². The number of nitrogens with one attached hydrogen (secondary N) is 1. The van der Waals surface area contributed by atoms with Gasteiger partial charge in [0.25, 0.3) is 0 Å². The van der Waals surface area contributed by atoms with Gasteiger partial charge in [0.1, 0.15) is 0 Å². The summed E-state index contributed by atoms with van der Waals surface area (Å²) in [6, 6.07) is 12.2. The van der Waals surface area contributed by atoms with E-state index in [9.17, 15) is 4.79 Å². The molecular formula is C23H28Cl2N2O. The third kappa shape index (κ3) is 5.28. The molecule has 5 heteroatoms. The fraction of sp³-hybridized carbons (Fsp3) is 0.435. The molecule has 0 spiro atoms. The number of hydrogen-bond donors (Lipinski definition) is 1. The summed E-state index contributed by atoms with van der Waals surface area (Å²) in [5.41, 5.74) is 4.81.